The van der Waals surface area contributed by atoms with Crippen LogP contribution >= 0.6 is 15.9 Å². The molecule has 0 aromatic heterocycles. The standard InChI is InChI=1S/C18H17BrN2/c1-12(14-4-2-13(11-20)3-5-14)21-18-9-6-15-10-16(19)7-8-17(15)18/h2-5,7-8,10,12,18,21H,6,9H2,1H3. The highest BCUT2D eigenvalue weighted by molar-refractivity contribution is 9.10. The van der Waals surface area contributed by atoms with Crippen molar-refractivity contribution in [3.63, 3.8) is 0 Å². The summed E-state index contributed by atoms with van der Waals surface area (Å²) in [6, 6.07) is 17.2. The van der Waals surface area contributed by atoms with Gasteiger partial charge in [-0.15, -0.1) is 0 Å². The van der Waals surface area contributed by atoms with E-state index in [-0.39, 0.29) is 6.04 Å². The zero-order chi connectivity index (χ0) is 14.8. The SMILES string of the molecule is CC(NC1CCc2cc(Br)ccc21)c1ccc(C#N)cc1. The van der Waals surface area contributed by atoms with Crippen molar-refractivity contribution in [3.8, 4) is 6.07 Å². The van der Waals surface area contributed by atoms with E-state index in [0.29, 0.717) is 11.6 Å². The second kappa shape index (κ2) is 6.01. The quantitative estimate of drug-likeness (QED) is 0.881. The topological polar surface area (TPSA) is 35.8 Å². The molecule has 3 heteroatoms. The zero-order valence-corrected chi connectivity index (χ0v) is 13.5. The molecular weight excluding hydrogens is 324 g/mol. The van der Waals surface area contributed by atoms with E-state index in [9.17, 15) is 0 Å². The van der Waals surface area contributed by atoms with Gasteiger partial charge in [-0.2, -0.15) is 5.26 Å². The van der Waals surface area contributed by atoms with E-state index >= 15 is 0 Å². The number of aryl methyl sites for hydroxylation is 1. The Morgan fingerprint density at radius 1 is 1.24 bits per heavy atom. The van der Waals surface area contributed by atoms with Gasteiger partial charge in [0.25, 0.3) is 0 Å². The van der Waals surface area contributed by atoms with Gasteiger partial charge < -0.3 is 5.32 Å². The van der Waals surface area contributed by atoms with Crippen molar-refractivity contribution in [2.24, 2.45) is 0 Å². The Kier molecular flexibility index (Phi) is 4.10. The molecule has 0 amide bonds. The number of nitrogens with zero attached hydrogens (tertiary/aromatic N) is 1. The molecule has 0 saturated heterocycles. The number of benzene rings is 2. The van der Waals surface area contributed by atoms with Gasteiger partial charge in [-0.3, -0.25) is 0 Å². The monoisotopic (exact) mass is 340 g/mol. The highest BCUT2D eigenvalue weighted by Crippen LogP contribution is 2.34. The van der Waals surface area contributed by atoms with Crippen LogP contribution < -0.4 is 5.32 Å². The van der Waals surface area contributed by atoms with Crippen molar-refractivity contribution < 1.29 is 0 Å². The second-order valence-electron chi connectivity index (χ2n) is 5.56. The van der Waals surface area contributed by atoms with Crippen LogP contribution in [0.5, 0.6) is 0 Å². The van der Waals surface area contributed by atoms with Gasteiger partial charge in [-0.25, -0.2) is 0 Å². The average Bonchev–Trinajstić information content (AvgIpc) is 2.89. The Labute approximate surface area is 133 Å². The smallest absolute Gasteiger partial charge is 0.0991 e. The van der Waals surface area contributed by atoms with Crippen LogP contribution in [0.3, 0.4) is 0 Å². The molecule has 0 heterocycles. The van der Waals surface area contributed by atoms with Crippen molar-refractivity contribution in [1.82, 2.24) is 5.32 Å². The van der Waals surface area contributed by atoms with E-state index < -0.39 is 0 Å². The molecule has 0 saturated carbocycles. The molecule has 0 radical (unpaired) electrons. The van der Waals surface area contributed by atoms with Crippen LogP contribution in [0.25, 0.3) is 0 Å². The van der Waals surface area contributed by atoms with E-state index in [2.05, 4.69) is 52.4 Å². The summed E-state index contributed by atoms with van der Waals surface area (Å²) in [5.74, 6) is 0. The van der Waals surface area contributed by atoms with Gasteiger partial charge in [0, 0.05) is 16.6 Å². The van der Waals surface area contributed by atoms with Crippen molar-refractivity contribution in [2.45, 2.75) is 31.8 Å². The minimum Gasteiger partial charge on any atom is -0.303 e. The van der Waals surface area contributed by atoms with Gasteiger partial charge in [0.1, 0.15) is 0 Å². The van der Waals surface area contributed by atoms with Crippen LogP contribution in [0, 0.1) is 11.3 Å². The predicted molar refractivity (Wildman–Crippen MR) is 87.9 cm³/mol. The van der Waals surface area contributed by atoms with Crippen LogP contribution in [0.15, 0.2) is 46.9 Å². The molecule has 2 aromatic rings. The maximum Gasteiger partial charge on any atom is 0.0991 e. The maximum atomic E-state index is 8.86. The fourth-order valence-electron chi connectivity index (χ4n) is 3.00. The second-order valence-corrected chi connectivity index (χ2v) is 6.47. The number of nitrogens with one attached hydrogen (secondary N) is 1. The first kappa shape index (κ1) is 14.3. The Bertz CT molecular complexity index is 685. The lowest BCUT2D eigenvalue weighted by Gasteiger charge is -2.21. The first-order valence-corrected chi connectivity index (χ1v) is 8.01. The number of hydrogen-bond donors (Lipinski definition) is 1. The Morgan fingerprint density at radius 3 is 2.71 bits per heavy atom. The van der Waals surface area contributed by atoms with Gasteiger partial charge in [0.05, 0.1) is 11.6 Å². The van der Waals surface area contributed by atoms with Crippen LogP contribution in [-0.4, -0.2) is 0 Å². The summed E-state index contributed by atoms with van der Waals surface area (Å²) in [6.07, 6.45) is 2.28. The van der Waals surface area contributed by atoms with Crippen molar-refractivity contribution >= 4 is 15.9 Å². The number of nitriles is 1. The minimum atomic E-state index is 0.275. The summed E-state index contributed by atoms with van der Waals surface area (Å²) in [4.78, 5) is 0. The zero-order valence-electron chi connectivity index (χ0n) is 11.9. The number of rotatable bonds is 3. The van der Waals surface area contributed by atoms with Crippen molar-refractivity contribution in [2.75, 3.05) is 0 Å². The average molecular weight is 341 g/mol. The number of fused-ring (bicyclic) bond motifs is 1. The third-order valence-corrected chi connectivity index (χ3v) is 4.67. The first-order valence-electron chi connectivity index (χ1n) is 7.22. The molecule has 2 aromatic carbocycles. The lowest BCUT2D eigenvalue weighted by molar-refractivity contribution is 0.465. The maximum absolute atomic E-state index is 8.86. The summed E-state index contributed by atoms with van der Waals surface area (Å²) < 4.78 is 1.15. The highest BCUT2D eigenvalue weighted by atomic mass is 79.9. The van der Waals surface area contributed by atoms with E-state index in [1.165, 1.54) is 16.7 Å². The Balaban J connectivity index is 1.74. The van der Waals surface area contributed by atoms with Crippen molar-refractivity contribution in [1.29, 1.82) is 5.26 Å². The third kappa shape index (κ3) is 3.02. The summed E-state index contributed by atoms with van der Waals surface area (Å²) in [6.45, 7) is 2.18. The molecule has 3 rings (SSSR count). The molecule has 2 nitrogen and oxygen atoms in total. The molecule has 0 fully saturated rings. The molecule has 2 atom stereocenters. The number of halogens is 1. The van der Waals surface area contributed by atoms with Gasteiger partial charge in [0.2, 0.25) is 0 Å². The van der Waals surface area contributed by atoms with E-state index in [0.717, 1.165) is 17.3 Å². The van der Waals surface area contributed by atoms with Crippen molar-refractivity contribution in [3.05, 3.63) is 69.2 Å². The molecular formula is C18H17BrN2. The molecule has 0 aliphatic heterocycles. The normalized spacial score (nSPS) is 18.0. The van der Waals surface area contributed by atoms with Gasteiger partial charge in [0.15, 0.2) is 0 Å². The molecule has 0 bridgehead atoms. The fourth-order valence-corrected chi connectivity index (χ4v) is 3.41. The van der Waals surface area contributed by atoms with E-state index in [4.69, 9.17) is 5.26 Å². The first-order chi connectivity index (χ1) is 10.2. The molecule has 1 aliphatic rings. The lowest BCUT2D eigenvalue weighted by atomic mass is 10.0. The molecule has 2 unspecified atom stereocenters. The molecule has 21 heavy (non-hydrogen) atoms. The van der Waals surface area contributed by atoms with Crippen LogP contribution in [0.1, 0.15) is 47.7 Å². The molecule has 1 N–H and O–H groups in total. The Morgan fingerprint density at radius 2 is 2.00 bits per heavy atom. The summed E-state index contributed by atoms with van der Waals surface area (Å²) in [5, 5.41) is 12.6. The molecule has 0 spiro atoms. The van der Waals surface area contributed by atoms with Gasteiger partial charge in [-0.1, -0.05) is 34.1 Å². The molecule has 106 valence electrons. The van der Waals surface area contributed by atoms with Crippen LogP contribution in [-0.2, 0) is 6.42 Å². The summed E-state index contributed by atoms with van der Waals surface area (Å²) in [7, 11) is 0. The highest BCUT2D eigenvalue weighted by Gasteiger charge is 2.23. The Hall–Kier alpha value is -1.63. The van der Waals surface area contributed by atoms with Crippen LogP contribution in [0.2, 0.25) is 0 Å². The van der Waals surface area contributed by atoms with Crippen LogP contribution in [0.4, 0.5) is 0 Å². The third-order valence-electron chi connectivity index (χ3n) is 4.17. The summed E-state index contributed by atoms with van der Waals surface area (Å²) >= 11 is 3.54. The van der Waals surface area contributed by atoms with Gasteiger partial charge >= 0.3 is 0 Å². The fraction of sp³-hybridized carbons (Fsp3) is 0.278. The van der Waals surface area contributed by atoms with Gasteiger partial charge in [-0.05, 0) is 60.7 Å². The lowest BCUT2D eigenvalue weighted by Crippen LogP contribution is -2.23. The van der Waals surface area contributed by atoms with E-state index in [1.807, 2.05) is 24.3 Å². The number of hydrogen-bond acceptors (Lipinski definition) is 2. The predicted octanol–water partition coefficient (Wildman–Crippen LogP) is 4.66. The molecule has 1 aliphatic carbocycles. The largest absolute Gasteiger partial charge is 0.303 e. The minimum absolute atomic E-state index is 0.275. The van der Waals surface area contributed by atoms with E-state index in [1.54, 1.807) is 0 Å². The summed E-state index contributed by atoms with van der Waals surface area (Å²) in [5.41, 5.74) is 4.79.